The molecule has 0 spiro atoms. The van der Waals surface area contributed by atoms with E-state index in [4.69, 9.17) is 17.3 Å². The molecule has 2 heterocycles. The van der Waals surface area contributed by atoms with E-state index in [0.29, 0.717) is 23.6 Å². The maximum atomic E-state index is 11.5. The molecule has 21 heavy (non-hydrogen) atoms. The van der Waals surface area contributed by atoms with Gasteiger partial charge in [-0.1, -0.05) is 32.4 Å². The van der Waals surface area contributed by atoms with Gasteiger partial charge in [0, 0.05) is 24.1 Å². The lowest BCUT2D eigenvalue weighted by Crippen LogP contribution is -2.46. The number of halogens is 1. The minimum atomic E-state index is -0.247. The van der Waals surface area contributed by atoms with Crippen molar-refractivity contribution in [3.63, 3.8) is 0 Å². The molecule has 2 unspecified atom stereocenters. The van der Waals surface area contributed by atoms with Gasteiger partial charge in [-0.15, -0.1) is 0 Å². The van der Waals surface area contributed by atoms with Crippen LogP contribution in [0.3, 0.4) is 0 Å². The van der Waals surface area contributed by atoms with Crippen molar-refractivity contribution in [3.05, 3.63) is 17.0 Å². The molecule has 0 saturated carbocycles. The van der Waals surface area contributed by atoms with E-state index < -0.39 is 0 Å². The highest BCUT2D eigenvalue weighted by atomic mass is 35.5. The first-order valence-corrected chi connectivity index (χ1v) is 7.67. The molecule has 0 bridgehead atoms. The Bertz CT molecular complexity index is 541. The van der Waals surface area contributed by atoms with Crippen LogP contribution in [0.5, 0.6) is 0 Å². The van der Waals surface area contributed by atoms with Crippen LogP contribution in [-0.2, 0) is 10.2 Å². The van der Waals surface area contributed by atoms with Crippen LogP contribution in [-0.4, -0.2) is 28.5 Å². The van der Waals surface area contributed by atoms with Crippen LogP contribution in [0.15, 0.2) is 6.07 Å². The first-order chi connectivity index (χ1) is 9.68. The topological polar surface area (TPSA) is 72.1 Å². The summed E-state index contributed by atoms with van der Waals surface area (Å²) in [5.74, 6) is 1.10. The van der Waals surface area contributed by atoms with Crippen molar-refractivity contribution in [2.75, 3.05) is 11.4 Å². The standard InChI is InChI=1S/C15H23ClN4O/c1-9-5-6-10(13(17)21)8-20(9)12-7-11(16)18-14(19-12)15(2,3)4/h7,9-10H,5-6,8H2,1-4H3,(H2,17,21). The van der Waals surface area contributed by atoms with Crippen LogP contribution < -0.4 is 10.6 Å². The number of nitrogens with zero attached hydrogens (tertiary/aromatic N) is 3. The quantitative estimate of drug-likeness (QED) is 0.852. The summed E-state index contributed by atoms with van der Waals surface area (Å²) >= 11 is 6.15. The molecule has 1 aromatic heterocycles. The highest BCUT2D eigenvalue weighted by molar-refractivity contribution is 6.29. The molecule has 2 rings (SSSR count). The highest BCUT2D eigenvalue weighted by Gasteiger charge is 2.30. The van der Waals surface area contributed by atoms with Gasteiger partial charge in [-0.3, -0.25) is 4.79 Å². The maximum Gasteiger partial charge on any atom is 0.222 e. The third kappa shape index (κ3) is 3.64. The zero-order valence-corrected chi connectivity index (χ0v) is 13.8. The number of anilines is 1. The summed E-state index contributed by atoms with van der Waals surface area (Å²) < 4.78 is 0. The average Bonchev–Trinajstić information content (AvgIpc) is 2.37. The number of primary amides is 1. The van der Waals surface area contributed by atoms with E-state index in [1.165, 1.54) is 0 Å². The third-order valence-electron chi connectivity index (χ3n) is 3.93. The smallest absolute Gasteiger partial charge is 0.222 e. The molecule has 1 saturated heterocycles. The predicted octanol–water partition coefficient (Wildman–Crippen LogP) is 2.52. The Hall–Kier alpha value is -1.36. The lowest BCUT2D eigenvalue weighted by Gasteiger charge is -2.38. The van der Waals surface area contributed by atoms with Crippen molar-refractivity contribution < 1.29 is 4.79 Å². The molecule has 0 aliphatic carbocycles. The number of hydrogen-bond donors (Lipinski definition) is 1. The number of amides is 1. The lowest BCUT2D eigenvalue weighted by atomic mass is 9.92. The fourth-order valence-electron chi connectivity index (χ4n) is 2.55. The van der Waals surface area contributed by atoms with Gasteiger partial charge in [0.15, 0.2) is 0 Å². The molecule has 2 N–H and O–H groups in total. The van der Waals surface area contributed by atoms with Crippen LogP contribution >= 0.6 is 11.6 Å². The van der Waals surface area contributed by atoms with Gasteiger partial charge in [-0.2, -0.15) is 0 Å². The second-order valence-corrected chi connectivity index (χ2v) is 7.19. The van der Waals surface area contributed by atoms with Gasteiger partial charge < -0.3 is 10.6 Å². The number of hydrogen-bond acceptors (Lipinski definition) is 4. The van der Waals surface area contributed by atoms with Gasteiger partial charge in [0.05, 0.1) is 5.92 Å². The van der Waals surface area contributed by atoms with Crippen LogP contribution in [0.25, 0.3) is 0 Å². The Kier molecular flexibility index (Phi) is 4.42. The van der Waals surface area contributed by atoms with Crippen LogP contribution in [0, 0.1) is 5.92 Å². The summed E-state index contributed by atoms with van der Waals surface area (Å²) in [7, 11) is 0. The van der Waals surface area contributed by atoms with Crippen molar-refractivity contribution >= 4 is 23.3 Å². The molecule has 1 aliphatic rings. The minimum absolute atomic E-state index is 0.131. The lowest BCUT2D eigenvalue weighted by molar-refractivity contribution is -0.122. The van der Waals surface area contributed by atoms with Gasteiger partial charge in [-0.25, -0.2) is 9.97 Å². The fraction of sp³-hybridized carbons (Fsp3) is 0.667. The number of nitrogens with two attached hydrogens (primary N) is 1. The highest BCUT2D eigenvalue weighted by Crippen LogP contribution is 2.29. The fourth-order valence-corrected chi connectivity index (χ4v) is 2.72. The van der Waals surface area contributed by atoms with Gasteiger partial charge >= 0.3 is 0 Å². The van der Waals surface area contributed by atoms with E-state index >= 15 is 0 Å². The molecule has 0 radical (unpaired) electrons. The molecule has 0 aromatic carbocycles. The van der Waals surface area contributed by atoms with E-state index in [9.17, 15) is 4.79 Å². The number of rotatable bonds is 2. The summed E-state index contributed by atoms with van der Waals surface area (Å²) in [6, 6.07) is 2.07. The number of aromatic nitrogens is 2. The molecule has 116 valence electrons. The summed E-state index contributed by atoms with van der Waals surface area (Å²) in [5, 5.41) is 0.429. The molecule has 2 atom stereocenters. The van der Waals surface area contributed by atoms with Crippen molar-refractivity contribution in [3.8, 4) is 0 Å². The van der Waals surface area contributed by atoms with E-state index in [1.807, 2.05) is 20.8 Å². The van der Waals surface area contributed by atoms with Crippen LogP contribution in [0.1, 0.15) is 46.4 Å². The molecule has 1 amide bonds. The van der Waals surface area contributed by atoms with E-state index in [-0.39, 0.29) is 17.2 Å². The zero-order chi connectivity index (χ0) is 15.8. The molecular weight excluding hydrogens is 288 g/mol. The Labute approximate surface area is 130 Å². The summed E-state index contributed by atoms with van der Waals surface area (Å²) in [5.41, 5.74) is 5.28. The minimum Gasteiger partial charge on any atom is -0.369 e. The molecule has 1 aromatic rings. The second kappa shape index (κ2) is 5.79. The van der Waals surface area contributed by atoms with Crippen molar-refractivity contribution in [2.24, 2.45) is 11.7 Å². The summed E-state index contributed by atoms with van der Waals surface area (Å²) in [6.07, 6.45) is 1.75. The maximum absolute atomic E-state index is 11.5. The van der Waals surface area contributed by atoms with E-state index in [2.05, 4.69) is 21.8 Å². The van der Waals surface area contributed by atoms with Gasteiger partial charge in [0.25, 0.3) is 0 Å². The SMILES string of the molecule is CC1CCC(C(N)=O)CN1c1cc(Cl)nc(C(C)(C)C)n1. The average molecular weight is 311 g/mol. The number of carbonyl (C=O) groups is 1. The predicted molar refractivity (Wildman–Crippen MR) is 84.5 cm³/mol. The number of carbonyl (C=O) groups excluding carboxylic acids is 1. The van der Waals surface area contributed by atoms with Crippen molar-refractivity contribution in [1.29, 1.82) is 0 Å². The molecule has 1 fully saturated rings. The van der Waals surface area contributed by atoms with Gasteiger partial charge in [0.2, 0.25) is 5.91 Å². The van der Waals surface area contributed by atoms with Crippen LogP contribution in [0.2, 0.25) is 5.15 Å². The Balaban J connectivity index is 2.35. The van der Waals surface area contributed by atoms with Crippen LogP contribution in [0.4, 0.5) is 5.82 Å². The van der Waals surface area contributed by atoms with Gasteiger partial charge in [-0.05, 0) is 19.8 Å². The van der Waals surface area contributed by atoms with Crippen molar-refractivity contribution in [2.45, 2.75) is 52.0 Å². The Morgan fingerprint density at radius 2 is 2.05 bits per heavy atom. The second-order valence-electron chi connectivity index (χ2n) is 6.80. The zero-order valence-electron chi connectivity index (χ0n) is 13.1. The summed E-state index contributed by atoms with van der Waals surface area (Å²) in [4.78, 5) is 22.5. The molecule has 5 nitrogen and oxygen atoms in total. The molecule has 6 heteroatoms. The van der Waals surface area contributed by atoms with Crippen molar-refractivity contribution in [1.82, 2.24) is 9.97 Å². The van der Waals surface area contributed by atoms with E-state index in [1.54, 1.807) is 6.07 Å². The Morgan fingerprint density at radius 1 is 1.38 bits per heavy atom. The first-order valence-electron chi connectivity index (χ1n) is 7.29. The molecule has 1 aliphatic heterocycles. The normalized spacial score (nSPS) is 23.2. The van der Waals surface area contributed by atoms with Gasteiger partial charge in [0.1, 0.15) is 16.8 Å². The Morgan fingerprint density at radius 3 is 2.62 bits per heavy atom. The summed E-state index contributed by atoms with van der Waals surface area (Å²) in [6.45, 7) is 8.87. The van der Waals surface area contributed by atoms with E-state index in [0.717, 1.165) is 18.7 Å². The monoisotopic (exact) mass is 310 g/mol. The third-order valence-corrected chi connectivity index (χ3v) is 4.12. The molecular formula is C15H23ClN4O. The largest absolute Gasteiger partial charge is 0.369 e. The first kappa shape index (κ1) is 16.0. The number of piperidine rings is 1.